The standard InChI is InChI=1S/C11H16N4O2.C2H6.I3/c16-7-5-14(6-8-17)9-15-11-4-2-1-3-10(11)12-13-15;1-2;1-3-2/h1-4,16-17H,5-9H2;1-2H3;/q;;-1. The van der Waals surface area contributed by atoms with Crippen molar-refractivity contribution in [2.45, 2.75) is 20.5 Å². The van der Waals surface area contributed by atoms with Gasteiger partial charge in [-0.25, -0.2) is 4.68 Å². The molecule has 0 spiro atoms. The fourth-order valence-corrected chi connectivity index (χ4v) is 1.75. The van der Waals surface area contributed by atoms with E-state index >= 15 is 0 Å². The first kappa shape index (κ1) is 22.7. The third kappa shape index (κ3) is 8.52. The second kappa shape index (κ2) is 15.2. The number of halogens is 3. The van der Waals surface area contributed by atoms with Crippen LogP contribution in [0, 0.1) is 0 Å². The van der Waals surface area contributed by atoms with E-state index in [0.29, 0.717) is 33.0 Å². The summed E-state index contributed by atoms with van der Waals surface area (Å²) in [7, 11) is 0. The smallest absolute Gasteiger partial charge is 0.113 e. The molecular formula is C13H22I3N4O2-. The molecule has 22 heavy (non-hydrogen) atoms. The van der Waals surface area contributed by atoms with Crippen LogP contribution >= 0.6 is 37.2 Å². The molecule has 0 unspecified atom stereocenters. The van der Waals surface area contributed by atoms with Crippen molar-refractivity contribution < 1.29 is 23.5 Å². The number of benzene rings is 1. The average Bonchev–Trinajstić information content (AvgIpc) is 2.94. The van der Waals surface area contributed by atoms with Crippen molar-refractivity contribution in [1.29, 1.82) is 0 Å². The molecule has 0 fully saturated rings. The van der Waals surface area contributed by atoms with Gasteiger partial charge in [-0.3, -0.25) is 4.90 Å². The summed E-state index contributed by atoms with van der Waals surface area (Å²) in [4.78, 5) is 1.92. The van der Waals surface area contributed by atoms with Crippen LogP contribution in [0.2, 0.25) is 0 Å². The van der Waals surface area contributed by atoms with Crippen LogP contribution in [0.25, 0.3) is 11.0 Å². The maximum absolute atomic E-state index is 8.94. The maximum atomic E-state index is 8.94. The molecule has 0 bridgehead atoms. The first-order valence-corrected chi connectivity index (χ1v) is 19.4. The molecule has 2 aromatic rings. The monoisotopic (exact) mass is 647 g/mol. The van der Waals surface area contributed by atoms with Gasteiger partial charge in [0.05, 0.1) is 25.4 Å². The Labute approximate surface area is 161 Å². The zero-order chi connectivity index (χ0) is 16.8. The van der Waals surface area contributed by atoms with Crippen molar-refractivity contribution in [2.75, 3.05) is 26.3 Å². The van der Waals surface area contributed by atoms with E-state index in [1.54, 1.807) is 4.68 Å². The van der Waals surface area contributed by atoms with E-state index in [1.165, 1.54) is 0 Å². The fourth-order valence-electron chi connectivity index (χ4n) is 1.75. The van der Waals surface area contributed by atoms with Crippen LogP contribution in [-0.2, 0) is 6.67 Å². The molecule has 2 rings (SSSR count). The summed E-state index contributed by atoms with van der Waals surface area (Å²) >= 11 is 5.30. The molecule has 9 heteroatoms. The molecule has 0 amide bonds. The Bertz CT molecular complexity index is 493. The Kier molecular flexibility index (Phi) is 15.7. The first-order valence-electron chi connectivity index (χ1n) is 6.86. The summed E-state index contributed by atoms with van der Waals surface area (Å²) in [6.45, 7) is 5.66. The van der Waals surface area contributed by atoms with Crippen molar-refractivity contribution in [3.63, 3.8) is 0 Å². The molecule has 0 aliphatic rings. The Balaban J connectivity index is 0.000000789. The number of para-hydroxylation sites is 1. The summed E-state index contributed by atoms with van der Waals surface area (Å²) in [5, 5.41) is 26.0. The first-order chi connectivity index (χ1) is 10.8. The van der Waals surface area contributed by atoms with Crippen LogP contribution in [0.15, 0.2) is 24.3 Å². The largest absolute Gasteiger partial charge is 0.395 e. The van der Waals surface area contributed by atoms with Crippen molar-refractivity contribution in [3.05, 3.63) is 24.3 Å². The van der Waals surface area contributed by atoms with Crippen LogP contribution in [0.5, 0.6) is 0 Å². The van der Waals surface area contributed by atoms with E-state index in [4.69, 9.17) is 10.2 Å². The van der Waals surface area contributed by atoms with Crippen molar-refractivity contribution in [3.8, 4) is 0 Å². The molecule has 0 radical (unpaired) electrons. The number of rotatable bonds is 6. The van der Waals surface area contributed by atoms with Gasteiger partial charge in [-0.1, -0.05) is 31.2 Å². The SMILES string of the molecule is CC.I[I-]I.OCCN(CCO)Cn1nnc2ccccc21. The summed E-state index contributed by atoms with van der Waals surface area (Å²) in [6.07, 6.45) is 0. The van der Waals surface area contributed by atoms with Gasteiger partial charge in [0.25, 0.3) is 0 Å². The van der Waals surface area contributed by atoms with Gasteiger partial charge < -0.3 is 10.2 Å². The summed E-state index contributed by atoms with van der Waals surface area (Å²) in [6, 6.07) is 7.71. The quantitative estimate of drug-likeness (QED) is 0.414. The van der Waals surface area contributed by atoms with Gasteiger partial charge in [0.1, 0.15) is 5.52 Å². The van der Waals surface area contributed by atoms with Gasteiger partial charge in [-0.2, -0.15) is 0 Å². The van der Waals surface area contributed by atoms with Gasteiger partial charge in [0.15, 0.2) is 0 Å². The van der Waals surface area contributed by atoms with E-state index in [1.807, 2.05) is 43.0 Å². The van der Waals surface area contributed by atoms with Crippen LogP contribution in [-0.4, -0.2) is 56.4 Å². The van der Waals surface area contributed by atoms with E-state index in [0.717, 1.165) is 11.0 Å². The van der Waals surface area contributed by atoms with Crippen molar-refractivity contribution in [2.24, 2.45) is 0 Å². The topological polar surface area (TPSA) is 74.4 Å². The average molecular weight is 647 g/mol. The summed E-state index contributed by atoms with van der Waals surface area (Å²) in [5.41, 5.74) is 1.80. The van der Waals surface area contributed by atoms with Crippen LogP contribution in [0.1, 0.15) is 13.8 Å². The number of hydrogen-bond acceptors (Lipinski definition) is 5. The molecule has 1 aromatic heterocycles. The Hall–Kier alpha value is 0.690. The van der Waals surface area contributed by atoms with Gasteiger partial charge in [0, 0.05) is 13.1 Å². The molecule has 0 saturated heterocycles. The Morgan fingerprint density at radius 3 is 2.23 bits per heavy atom. The van der Waals surface area contributed by atoms with Crippen molar-refractivity contribution >= 4 is 48.3 Å². The minimum atomic E-state index is 0.0621. The molecule has 2 N–H and O–H groups in total. The molecular weight excluding hydrogens is 625 g/mol. The number of hydrogen-bond donors (Lipinski definition) is 2. The minimum Gasteiger partial charge on any atom is -0.395 e. The Morgan fingerprint density at radius 2 is 1.68 bits per heavy atom. The number of aliphatic hydroxyl groups excluding tert-OH is 2. The molecule has 1 aromatic carbocycles. The molecule has 0 saturated carbocycles. The third-order valence-corrected chi connectivity index (χ3v) is 2.59. The Morgan fingerprint density at radius 1 is 1.14 bits per heavy atom. The fraction of sp³-hybridized carbons (Fsp3) is 0.538. The van der Waals surface area contributed by atoms with Gasteiger partial charge in [-0.05, 0) is 12.1 Å². The van der Waals surface area contributed by atoms with Crippen molar-refractivity contribution in [1.82, 2.24) is 19.9 Å². The molecule has 6 nitrogen and oxygen atoms in total. The predicted molar refractivity (Wildman–Crippen MR) is 103 cm³/mol. The molecule has 1 heterocycles. The van der Waals surface area contributed by atoms with E-state index in [2.05, 4.69) is 47.5 Å². The van der Waals surface area contributed by atoms with Gasteiger partial charge >= 0.3 is 50.5 Å². The van der Waals surface area contributed by atoms with Crippen LogP contribution < -0.4 is 13.3 Å². The zero-order valence-corrected chi connectivity index (χ0v) is 19.1. The second-order valence-electron chi connectivity index (χ2n) is 3.84. The molecule has 0 aliphatic carbocycles. The maximum Gasteiger partial charge on any atom is 0.113 e. The number of fused-ring (bicyclic) bond motifs is 1. The van der Waals surface area contributed by atoms with E-state index in [9.17, 15) is 0 Å². The van der Waals surface area contributed by atoms with Crippen LogP contribution in [0.4, 0.5) is 0 Å². The number of nitrogens with zero attached hydrogens (tertiary/aromatic N) is 4. The number of aromatic nitrogens is 3. The number of aliphatic hydroxyl groups is 2. The normalized spacial score (nSPS) is 10.1. The summed E-state index contributed by atoms with van der Waals surface area (Å²) < 4.78 is 1.76. The second-order valence-corrected chi connectivity index (χ2v) is 20.1. The van der Waals surface area contributed by atoms with E-state index in [-0.39, 0.29) is 13.2 Å². The van der Waals surface area contributed by atoms with E-state index < -0.39 is 0 Å². The molecule has 0 atom stereocenters. The molecule has 0 aliphatic heterocycles. The van der Waals surface area contributed by atoms with Crippen LogP contribution in [0.3, 0.4) is 0 Å². The van der Waals surface area contributed by atoms with Gasteiger partial charge in [-0.15, -0.1) is 5.10 Å². The summed E-state index contributed by atoms with van der Waals surface area (Å²) in [5.74, 6) is 0. The zero-order valence-electron chi connectivity index (χ0n) is 12.7. The van der Waals surface area contributed by atoms with Gasteiger partial charge in [0.2, 0.25) is 0 Å². The third-order valence-electron chi connectivity index (χ3n) is 2.59. The predicted octanol–water partition coefficient (Wildman–Crippen LogP) is -0.523. The minimum absolute atomic E-state index is 0.0621. The molecule has 128 valence electrons.